The van der Waals surface area contributed by atoms with Gasteiger partial charge >= 0.3 is 0 Å². The first-order chi connectivity index (χ1) is 15.4. The molecule has 0 radical (unpaired) electrons. The van der Waals surface area contributed by atoms with Crippen molar-refractivity contribution >= 4 is 34.1 Å². The third-order valence-electron chi connectivity index (χ3n) is 5.27. The van der Waals surface area contributed by atoms with Gasteiger partial charge in [0.25, 0.3) is 5.91 Å². The molecule has 5 nitrogen and oxygen atoms in total. The number of carbonyl (C=O) groups is 1. The molecule has 162 valence electrons. The zero-order valence-corrected chi connectivity index (χ0v) is 19.1. The van der Waals surface area contributed by atoms with Gasteiger partial charge in [-0.05, 0) is 61.9 Å². The number of benzene rings is 3. The number of amides is 1. The number of nitrogens with one attached hydrogen (secondary N) is 1. The fourth-order valence-electron chi connectivity index (χ4n) is 3.77. The number of ether oxygens (including phenoxy) is 2. The van der Waals surface area contributed by atoms with Crippen LogP contribution >= 0.6 is 11.6 Å². The highest BCUT2D eigenvalue weighted by Crippen LogP contribution is 2.32. The average Bonchev–Trinajstić information content (AvgIpc) is 2.78. The number of halogens is 1. The molecule has 6 heteroatoms. The summed E-state index contributed by atoms with van der Waals surface area (Å²) < 4.78 is 10.7. The van der Waals surface area contributed by atoms with Gasteiger partial charge in [0.1, 0.15) is 11.5 Å². The number of aryl methyl sites for hydroxylation is 2. The van der Waals surface area contributed by atoms with Crippen molar-refractivity contribution in [3.63, 3.8) is 0 Å². The monoisotopic (exact) mass is 446 g/mol. The molecular weight excluding hydrogens is 424 g/mol. The number of fused-ring (bicyclic) bond motifs is 1. The van der Waals surface area contributed by atoms with Gasteiger partial charge in [0.2, 0.25) is 0 Å². The molecule has 0 spiro atoms. The van der Waals surface area contributed by atoms with E-state index in [1.165, 1.54) is 0 Å². The topological polar surface area (TPSA) is 60.5 Å². The van der Waals surface area contributed by atoms with E-state index >= 15 is 0 Å². The predicted octanol–water partition coefficient (Wildman–Crippen LogP) is 6.44. The molecule has 0 saturated carbocycles. The molecule has 0 bridgehead atoms. The number of methoxy groups -OCH3 is 2. The molecule has 4 aromatic rings. The summed E-state index contributed by atoms with van der Waals surface area (Å²) in [5, 5.41) is 4.24. The fraction of sp³-hybridized carbons (Fsp3) is 0.154. The van der Waals surface area contributed by atoms with Crippen molar-refractivity contribution in [3.05, 3.63) is 82.4 Å². The van der Waals surface area contributed by atoms with Crippen molar-refractivity contribution in [1.29, 1.82) is 0 Å². The van der Waals surface area contributed by atoms with E-state index in [4.69, 9.17) is 26.1 Å². The molecule has 4 rings (SSSR count). The zero-order chi connectivity index (χ0) is 22.8. The second-order valence-corrected chi connectivity index (χ2v) is 8.00. The van der Waals surface area contributed by atoms with E-state index in [-0.39, 0.29) is 5.91 Å². The second-order valence-electron chi connectivity index (χ2n) is 7.56. The Hall–Kier alpha value is -3.57. The van der Waals surface area contributed by atoms with Crippen LogP contribution in [-0.2, 0) is 0 Å². The van der Waals surface area contributed by atoms with Gasteiger partial charge < -0.3 is 14.8 Å². The van der Waals surface area contributed by atoms with Crippen LogP contribution in [0, 0.1) is 13.8 Å². The molecule has 0 aliphatic rings. The largest absolute Gasteiger partial charge is 0.497 e. The number of carbonyl (C=O) groups excluding carboxylic acids is 1. The van der Waals surface area contributed by atoms with Crippen LogP contribution in [0.4, 0.5) is 5.69 Å². The van der Waals surface area contributed by atoms with Crippen molar-refractivity contribution in [2.45, 2.75) is 13.8 Å². The van der Waals surface area contributed by atoms with E-state index in [1.54, 1.807) is 32.4 Å². The van der Waals surface area contributed by atoms with E-state index in [0.717, 1.165) is 33.3 Å². The first kappa shape index (κ1) is 21.7. The van der Waals surface area contributed by atoms with Crippen LogP contribution in [0.15, 0.2) is 60.7 Å². The third kappa shape index (κ3) is 4.25. The molecule has 0 aliphatic heterocycles. The second kappa shape index (κ2) is 8.89. The molecule has 0 unspecified atom stereocenters. The van der Waals surface area contributed by atoms with Gasteiger partial charge in [0.05, 0.1) is 36.7 Å². The minimum atomic E-state index is -0.271. The Labute approximate surface area is 192 Å². The molecule has 32 heavy (non-hydrogen) atoms. The van der Waals surface area contributed by atoms with Crippen molar-refractivity contribution < 1.29 is 14.3 Å². The van der Waals surface area contributed by atoms with Crippen molar-refractivity contribution in [2.75, 3.05) is 19.5 Å². The summed E-state index contributed by atoms with van der Waals surface area (Å²) in [7, 11) is 3.17. The number of hydrogen-bond acceptors (Lipinski definition) is 4. The van der Waals surface area contributed by atoms with Gasteiger partial charge in [0.15, 0.2) is 0 Å². The summed E-state index contributed by atoms with van der Waals surface area (Å²) >= 11 is 6.14. The lowest BCUT2D eigenvalue weighted by Gasteiger charge is -2.15. The Morgan fingerprint density at radius 1 is 0.969 bits per heavy atom. The van der Waals surface area contributed by atoms with E-state index < -0.39 is 0 Å². The van der Waals surface area contributed by atoms with Crippen molar-refractivity contribution in [3.8, 4) is 22.8 Å². The van der Waals surface area contributed by atoms with Crippen LogP contribution in [-0.4, -0.2) is 25.1 Å². The lowest BCUT2D eigenvalue weighted by molar-refractivity contribution is 0.102. The standard InChI is InChI=1S/C26H23ClN2O3/c1-15-10-16(2)25-20(11-15)21(14-22(28-25)17-6-5-7-19(12-17)31-3)26(30)29-23-13-18(27)8-9-24(23)32-4/h5-14H,1-4H3,(H,29,30). The molecule has 0 aliphatic carbocycles. The number of aromatic nitrogens is 1. The van der Waals surface area contributed by atoms with E-state index in [2.05, 4.69) is 11.4 Å². The fourth-order valence-corrected chi connectivity index (χ4v) is 3.94. The van der Waals surface area contributed by atoms with Crippen molar-refractivity contribution in [1.82, 2.24) is 4.98 Å². The maximum atomic E-state index is 13.5. The maximum Gasteiger partial charge on any atom is 0.256 e. The van der Waals surface area contributed by atoms with E-state index in [9.17, 15) is 4.79 Å². The highest BCUT2D eigenvalue weighted by molar-refractivity contribution is 6.31. The first-order valence-electron chi connectivity index (χ1n) is 10.1. The summed E-state index contributed by atoms with van der Waals surface area (Å²) in [6.45, 7) is 4.00. The minimum Gasteiger partial charge on any atom is -0.497 e. The molecule has 1 N–H and O–H groups in total. The normalized spacial score (nSPS) is 10.8. The van der Waals surface area contributed by atoms with Gasteiger partial charge in [-0.25, -0.2) is 4.98 Å². The molecule has 1 amide bonds. The Morgan fingerprint density at radius 2 is 1.78 bits per heavy atom. The van der Waals surface area contributed by atoms with Crippen LogP contribution in [0.25, 0.3) is 22.2 Å². The number of hydrogen-bond donors (Lipinski definition) is 1. The molecule has 1 heterocycles. The zero-order valence-electron chi connectivity index (χ0n) is 18.3. The molecular formula is C26H23ClN2O3. The van der Waals surface area contributed by atoms with Crippen LogP contribution in [0.2, 0.25) is 5.02 Å². The van der Waals surface area contributed by atoms with Crippen LogP contribution in [0.5, 0.6) is 11.5 Å². The first-order valence-corrected chi connectivity index (χ1v) is 10.5. The minimum absolute atomic E-state index is 0.271. The summed E-state index contributed by atoms with van der Waals surface area (Å²) in [5.41, 5.74) is 5.40. The summed E-state index contributed by atoms with van der Waals surface area (Å²) in [4.78, 5) is 18.4. The number of anilines is 1. The predicted molar refractivity (Wildman–Crippen MR) is 129 cm³/mol. The number of rotatable bonds is 5. The van der Waals surface area contributed by atoms with Gasteiger partial charge in [-0.3, -0.25) is 4.79 Å². The molecule has 3 aromatic carbocycles. The van der Waals surface area contributed by atoms with E-state index in [1.807, 2.05) is 50.2 Å². The van der Waals surface area contributed by atoms with Crippen LogP contribution < -0.4 is 14.8 Å². The Morgan fingerprint density at radius 3 is 2.53 bits per heavy atom. The third-order valence-corrected chi connectivity index (χ3v) is 5.50. The van der Waals surface area contributed by atoms with Crippen LogP contribution in [0.3, 0.4) is 0 Å². The van der Waals surface area contributed by atoms with Crippen LogP contribution in [0.1, 0.15) is 21.5 Å². The Balaban J connectivity index is 1.89. The highest BCUT2D eigenvalue weighted by atomic mass is 35.5. The summed E-state index contributed by atoms with van der Waals surface area (Å²) in [5.74, 6) is 0.980. The lowest BCUT2D eigenvalue weighted by atomic mass is 9.99. The lowest BCUT2D eigenvalue weighted by Crippen LogP contribution is -2.14. The molecule has 1 aromatic heterocycles. The number of pyridine rings is 1. The highest BCUT2D eigenvalue weighted by Gasteiger charge is 2.18. The van der Waals surface area contributed by atoms with E-state index in [0.29, 0.717) is 27.7 Å². The SMILES string of the molecule is COc1cccc(-c2cc(C(=O)Nc3cc(Cl)ccc3OC)c3cc(C)cc(C)c3n2)c1. The smallest absolute Gasteiger partial charge is 0.256 e. The quantitative estimate of drug-likeness (QED) is 0.383. The van der Waals surface area contributed by atoms with Gasteiger partial charge in [-0.2, -0.15) is 0 Å². The van der Waals surface area contributed by atoms with Crippen molar-refractivity contribution in [2.24, 2.45) is 0 Å². The Bertz CT molecular complexity index is 1330. The summed E-state index contributed by atoms with van der Waals surface area (Å²) in [6, 6.07) is 18.6. The molecule has 0 saturated heterocycles. The molecule has 0 atom stereocenters. The van der Waals surface area contributed by atoms with Gasteiger partial charge in [-0.1, -0.05) is 35.4 Å². The maximum absolute atomic E-state index is 13.5. The van der Waals surface area contributed by atoms with Gasteiger partial charge in [0, 0.05) is 16.0 Å². The Kier molecular flexibility index (Phi) is 6.01. The number of nitrogens with zero attached hydrogens (tertiary/aromatic N) is 1. The average molecular weight is 447 g/mol. The summed E-state index contributed by atoms with van der Waals surface area (Å²) in [6.07, 6.45) is 0. The van der Waals surface area contributed by atoms with Gasteiger partial charge in [-0.15, -0.1) is 0 Å². The molecule has 0 fully saturated rings.